The molecule has 1 fully saturated rings. The van der Waals surface area contributed by atoms with Gasteiger partial charge in [-0.25, -0.2) is 15.8 Å². The summed E-state index contributed by atoms with van der Waals surface area (Å²) >= 11 is 0. The van der Waals surface area contributed by atoms with Crippen LogP contribution < -0.4 is 21.9 Å². The quantitative estimate of drug-likeness (QED) is 0.266. The maximum atomic E-state index is 9.96. The van der Waals surface area contributed by atoms with Crippen molar-refractivity contribution in [3.05, 3.63) is 17.1 Å². The van der Waals surface area contributed by atoms with E-state index in [1.165, 1.54) is 37.7 Å². The number of hydrogen-bond donors (Lipinski definition) is 4. The second kappa shape index (κ2) is 12.2. The van der Waals surface area contributed by atoms with Gasteiger partial charge in [-0.3, -0.25) is 4.79 Å². The minimum atomic E-state index is -0.0193. The van der Waals surface area contributed by atoms with Crippen molar-refractivity contribution >= 4 is 23.3 Å². The van der Waals surface area contributed by atoms with Gasteiger partial charge in [-0.1, -0.05) is 32.6 Å². The Kier molecular flexibility index (Phi) is 9.90. The molecule has 32 heavy (non-hydrogen) atoms. The summed E-state index contributed by atoms with van der Waals surface area (Å²) in [5, 5.41) is 6.19. The average molecular weight is 446 g/mol. The Bertz CT molecular complexity index is 869. The molecule has 1 amide bonds. The van der Waals surface area contributed by atoms with Crippen LogP contribution in [0, 0.1) is 13.8 Å². The molecule has 1 aliphatic carbocycles. The zero-order valence-corrected chi connectivity index (χ0v) is 20.8. The number of rotatable bonds is 9. The Morgan fingerprint density at radius 3 is 2.44 bits per heavy atom. The number of amides is 1. The minimum Gasteiger partial charge on any atom is -0.356 e. The predicted molar refractivity (Wildman–Crippen MR) is 133 cm³/mol. The predicted octanol–water partition coefficient (Wildman–Crippen LogP) is 3.74. The summed E-state index contributed by atoms with van der Waals surface area (Å²) in [5.41, 5.74) is 6.85. The number of carbonyl (C=O) groups is 1. The van der Waals surface area contributed by atoms with Crippen LogP contribution in [0.3, 0.4) is 0 Å². The summed E-state index contributed by atoms with van der Waals surface area (Å²) in [4.78, 5) is 19.4. The highest BCUT2D eigenvalue weighted by Crippen LogP contribution is 2.29. The first kappa shape index (κ1) is 26.1. The van der Waals surface area contributed by atoms with Crippen LogP contribution in [-0.2, 0) is 17.8 Å². The molecule has 8 heteroatoms. The summed E-state index contributed by atoms with van der Waals surface area (Å²) in [6.07, 6.45) is 10.3. The summed E-state index contributed by atoms with van der Waals surface area (Å²) in [6.45, 7) is 11.6. The lowest BCUT2D eigenvalue weighted by atomic mass is 9.96. The van der Waals surface area contributed by atoms with E-state index in [0.29, 0.717) is 11.9 Å². The van der Waals surface area contributed by atoms with Gasteiger partial charge in [0.2, 0.25) is 6.41 Å². The largest absolute Gasteiger partial charge is 0.356 e. The number of carbonyl (C=O) groups excluding carboxylic acids is 1. The second-order valence-corrected chi connectivity index (χ2v) is 9.48. The van der Waals surface area contributed by atoms with Gasteiger partial charge in [0, 0.05) is 30.2 Å². The number of pyridine rings is 1. The Labute approximate surface area is 193 Å². The van der Waals surface area contributed by atoms with Gasteiger partial charge in [0.25, 0.3) is 0 Å². The van der Waals surface area contributed by atoms with Gasteiger partial charge in [0.1, 0.15) is 11.3 Å². The molecule has 0 aromatic carbocycles. The third kappa shape index (κ3) is 6.65. The summed E-state index contributed by atoms with van der Waals surface area (Å²) < 4.78 is 2.34. The van der Waals surface area contributed by atoms with E-state index in [9.17, 15) is 4.79 Å². The van der Waals surface area contributed by atoms with Crippen molar-refractivity contribution in [2.75, 3.05) is 12.5 Å². The van der Waals surface area contributed by atoms with Crippen LogP contribution in [0.25, 0.3) is 11.0 Å². The molecule has 0 aliphatic heterocycles. The molecule has 0 atom stereocenters. The van der Waals surface area contributed by atoms with Crippen LogP contribution >= 0.6 is 0 Å². The molecule has 2 aromatic rings. The van der Waals surface area contributed by atoms with Gasteiger partial charge in [-0.2, -0.15) is 0 Å². The Morgan fingerprint density at radius 2 is 1.88 bits per heavy atom. The van der Waals surface area contributed by atoms with E-state index in [4.69, 9.17) is 10.8 Å². The van der Waals surface area contributed by atoms with Gasteiger partial charge < -0.3 is 20.6 Å². The third-order valence-corrected chi connectivity index (χ3v) is 6.48. The number of unbranched alkanes of at least 4 members (excludes halogenated alkanes) is 1. The fourth-order valence-electron chi connectivity index (χ4n) is 4.16. The van der Waals surface area contributed by atoms with Crippen LogP contribution in [0.4, 0.5) is 5.82 Å². The molecule has 0 bridgehead atoms. The van der Waals surface area contributed by atoms with Crippen molar-refractivity contribution in [1.82, 2.24) is 25.2 Å². The number of hydrazine groups is 1. The van der Waals surface area contributed by atoms with Gasteiger partial charge in [0.05, 0.1) is 5.52 Å². The number of nitrogens with one attached hydrogen (secondary N) is 3. The maximum absolute atomic E-state index is 9.96. The lowest BCUT2D eigenvalue weighted by molar-refractivity contribution is -0.110. The number of imidazole rings is 1. The first-order chi connectivity index (χ1) is 15.3. The van der Waals surface area contributed by atoms with Crippen molar-refractivity contribution in [2.24, 2.45) is 5.84 Å². The standard InChI is InChI=1S/C17H30N6.C7H13NO/c1-7-8-9-13-21-14-15(23(13)10-17(4,5)19-6)11(2)12(3)20-16(14)22-18;9-6-8-7-4-2-1-3-5-7/h19H,7-10,18H2,1-6H3,(H,20,22);6-7H,1-5H2,(H,8,9). The Balaban J connectivity index is 0.000000336. The van der Waals surface area contributed by atoms with Gasteiger partial charge >= 0.3 is 0 Å². The maximum Gasteiger partial charge on any atom is 0.207 e. The van der Waals surface area contributed by atoms with Crippen molar-refractivity contribution in [2.45, 2.75) is 104 Å². The van der Waals surface area contributed by atoms with Crippen LogP contribution in [0.2, 0.25) is 0 Å². The van der Waals surface area contributed by atoms with Crippen molar-refractivity contribution in [1.29, 1.82) is 0 Å². The number of aryl methyl sites for hydroxylation is 3. The topological polar surface area (TPSA) is 110 Å². The van der Waals surface area contributed by atoms with Gasteiger partial charge in [-0.15, -0.1) is 0 Å². The molecule has 1 aliphatic rings. The number of hydrogen-bond acceptors (Lipinski definition) is 6. The zero-order valence-electron chi connectivity index (χ0n) is 20.8. The molecule has 2 aromatic heterocycles. The minimum absolute atomic E-state index is 0.0193. The van der Waals surface area contributed by atoms with Crippen LogP contribution in [0.1, 0.15) is 82.8 Å². The Hall–Kier alpha value is -2.19. The third-order valence-electron chi connectivity index (χ3n) is 6.48. The fourth-order valence-corrected chi connectivity index (χ4v) is 4.16. The molecular weight excluding hydrogens is 402 g/mol. The molecule has 0 saturated heterocycles. The van der Waals surface area contributed by atoms with E-state index in [1.807, 2.05) is 14.0 Å². The zero-order chi connectivity index (χ0) is 23.7. The molecule has 8 nitrogen and oxygen atoms in total. The van der Waals surface area contributed by atoms with E-state index in [1.54, 1.807) is 0 Å². The van der Waals surface area contributed by atoms with Crippen LogP contribution in [0.5, 0.6) is 0 Å². The van der Waals surface area contributed by atoms with E-state index in [2.05, 4.69) is 53.3 Å². The highest BCUT2D eigenvalue weighted by molar-refractivity contribution is 5.89. The molecule has 5 N–H and O–H groups in total. The van der Waals surface area contributed by atoms with Crippen molar-refractivity contribution in [3.8, 4) is 0 Å². The molecule has 0 radical (unpaired) electrons. The molecule has 3 rings (SSSR count). The summed E-state index contributed by atoms with van der Waals surface area (Å²) in [5.74, 6) is 7.44. The van der Waals surface area contributed by atoms with Crippen LogP contribution in [0.15, 0.2) is 0 Å². The summed E-state index contributed by atoms with van der Waals surface area (Å²) in [7, 11) is 2.00. The molecule has 0 spiro atoms. The fraction of sp³-hybridized carbons (Fsp3) is 0.708. The van der Waals surface area contributed by atoms with Crippen molar-refractivity contribution in [3.63, 3.8) is 0 Å². The monoisotopic (exact) mass is 445 g/mol. The number of anilines is 1. The molecular formula is C24H43N7O. The van der Waals surface area contributed by atoms with Crippen LogP contribution in [-0.4, -0.2) is 39.6 Å². The lowest BCUT2D eigenvalue weighted by Crippen LogP contribution is -2.40. The molecule has 0 unspecified atom stereocenters. The number of nitrogen functional groups attached to an aromatic ring is 1. The highest BCUT2D eigenvalue weighted by atomic mass is 16.1. The van der Waals surface area contributed by atoms with E-state index < -0.39 is 0 Å². The van der Waals surface area contributed by atoms with Crippen molar-refractivity contribution < 1.29 is 4.79 Å². The number of fused-ring (bicyclic) bond motifs is 1. The van der Waals surface area contributed by atoms with E-state index in [-0.39, 0.29) is 5.54 Å². The number of aromatic nitrogens is 3. The van der Waals surface area contributed by atoms with Gasteiger partial charge in [0.15, 0.2) is 5.82 Å². The number of nitrogens with two attached hydrogens (primary N) is 1. The van der Waals surface area contributed by atoms with Gasteiger partial charge in [-0.05, 0) is 59.6 Å². The van der Waals surface area contributed by atoms with E-state index in [0.717, 1.165) is 54.8 Å². The smallest absolute Gasteiger partial charge is 0.207 e. The molecule has 2 heterocycles. The first-order valence-corrected chi connectivity index (χ1v) is 12.0. The van der Waals surface area contributed by atoms with E-state index >= 15 is 0 Å². The average Bonchev–Trinajstić information content (AvgIpc) is 3.14. The number of nitrogens with zero attached hydrogens (tertiary/aromatic N) is 3. The first-order valence-electron chi connectivity index (χ1n) is 12.0. The lowest BCUT2D eigenvalue weighted by Gasteiger charge is -2.26. The normalized spacial score (nSPS) is 14.7. The molecule has 1 saturated carbocycles. The molecule has 180 valence electrons. The number of likely N-dealkylation sites (N-methyl/N-ethyl adjacent to an activating group) is 1. The Morgan fingerprint density at radius 1 is 1.19 bits per heavy atom. The SMILES string of the molecule is CCCCc1nc2c(NN)nc(C)c(C)c2n1CC(C)(C)NC.O=CNC1CCCCC1. The highest BCUT2D eigenvalue weighted by Gasteiger charge is 2.23. The summed E-state index contributed by atoms with van der Waals surface area (Å²) in [6, 6.07) is 0.483. The second-order valence-electron chi connectivity index (χ2n) is 9.48.